The van der Waals surface area contributed by atoms with E-state index in [1.807, 2.05) is 24.3 Å². The second-order valence-corrected chi connectivity index (χ2v) is 8.43. The van der Waals surface area contributed by atoms with Gasteiger partial charge in [-0.3, -0.25) is 9.59 Å². The second-order valence-electron chi connectivity index (χ2n) is 8.43. The topological polar surface area (TPSA) is 105 Å². The lowest BCUT2D eigenvalue weighted by Gasteiger charge is -2.25. The summed E-state index contributed by atoms with van der Waals surface area (Å²) in [5.74, 6) is -1.92. The molecule has 168 valence electrons. The number of fused-ring (bicyclic) bond motifs is 3. The maximum atomic E-state index is 12.7. The summed E-state index contributed by atoms with van der Waals surface area (Å²) in [7, 11) is 0. The van der Waals surface area contributed by atoms with Crippen molar-refractivity contribution in [3.05, 3.63) is 59.7 Å². The van der Waals surface area contributed by atoms with E-state index in [-0.39, 0.29) is 24.5 Å². The van der Waals surface area contributed by atoms with Crippen LogP contribution in [-0.2, 0) is 14.3 Å². The number of carboxylic acid groups (broad SMARTS) is 1. The minimum absolute atomic E-state index is 0.0306. The van der Waals surface area contributed by atoms with Crippen LogP contribution in [0.2, 0.25) is 0 Å². The summed E-state index contributed by atoms with van der Waals surface area (Å²) in [4.78, 5) is 36.0. The van der Waals surface area contributed by atoms with Crippen LogP contribution >= 0.6 is 0 Å². The third-order valence-electron chi connectivity index (χ3n) is 6.41. The number of carboxylic acids is 1. The molecule has 1 fully saturated rings. The first kappa shape index (κ1) is 21.9. The highest BCUT2D eigenvalue weighted by atomic mass is 16.5. The minimum atomic E-state index is -1.09. The molecule has 7 nitrogen and oxygen atoms in total. The zero-order valence-electron chi connectivity index (χ0n) is 17.9. The predicted octanol–water partition coefficient (Wildman–Crippen LogP) is 3.67. The largest absolute Gasteiger partial charge is 0.480 e. The maximum Gasteiger partial charge on any atom is 0.407 e. The van der Waals surface area contributed by atoms with E-state index >= 15 is 0 Å². The van der Waals surface area contributed by atoms with Crippen molar-refractivity contribution in [3.8, 4) is 11.1 Å². The van der Waals surface area contributed by atoms with Gasteiger partial charge in [-0.2, -0.15) is 0 Å². The Labute approximate surface area is 187 Å². The van der Waals surface area contributed by atoms with E-state index < -0.39 is 24.5 Å². The first-order valence-corrected chi connectivity index (χ1v) is 11.2. The summed E-state index contributed by atoms with van der Waals surface area (Å²) in [5, 5.41) is 14.2. The van der Waals surface area contributed by atoms with E-state index in [1.165, 1.54) is 0 Å². The van der Waals surface area contributed by atoms with Gasteiger partial charge < -0.3 is 20.5 Å². The molecule has 0 saturated heterocycles. The van der Waals surface area contributed by atoms with Crippen LogP contribution < -0.4 is 10.6 Å². The van der Waals surface area contributed by atoms with E-state index in [1.54, 1.807) is 0 Å². The Hall–Kier alpha value is -3.35. The normalized spacial score (nSPS) is 19.9. The number of carbonyl (C=O) groups excluding carboxylic acids is 2. The molecule has 2 atom stereocenters. The molecule has 2 aromatic rings. The fraction of sp³-hybridized carbons (Fsp3) is 0.400. The number of carbonyl (C=O) groups is 3. The summed E-state index contributed by atoms with van der Waals surface area (Å²) in [5.41, 5.74) is 4.61. The van der Waals surface area contributed by atoms with Crippen LogP contribution in [-0.4, -0.2) is 42.3 Å². The number of alkyl carbamates (subject to hydrolysis) is 1. The van der Waals surface area contributed by atoms with Crippen molar-refractivity contribution in [2.24, 2.45) is 5.92 Å². The van der Waals surface area contributed by atoms with Gasteiger partial charge in [0.25, 0.3) is 0 Å². The van der Waals surface area contributed by atoms with Gasteiger partial charge in [-0.15, -0.1) is 0 Å². The molecule has 2 amide bonds. The Kier molecular flexibility index (Phi) is 6.73. The molecular weight excluding hydrogens is 408 g/mol. The van der Waals surface area contributed by atoms with Crippen molar-refractivity contribution < 1.29 is 24.2 Å². The Balaban J connectivity index is 1.40. The van der Waals surface area contributed by atoms with E-state index in [2.05, 4.69) is 34.9 Å². The van der Waals surface area contributed by atoms with E-state index in [4.69, 9.17) is 9.84 Å². The zero-order chi connectivity index (χ0) is 22.5. The number of ether oxygens (including phenoxy) is 1. The first-order chi connectivity index (χ1) is 15.5. The lowest BCUT2D eigenvalue weighted by molar-refractivity contribution is -0.138. The Morgan fingerprint density at radius 2 is 1.53 bits per heavy atom. The van der Waals surface area contributed by atoms with Gasteiger partial charge in [0.2, 0.25) is 5.91 Å². The molecule has 2 aliphatic rings. The molecule has 0 unspecified atom stereocenters. The molecule has 0 aliphatic heterocycles. The average molecular weight is 437 g/mol. The number of hydrogen-bond donors (Lipinski definition) is 3. The molecule has 0 spiro atoms. The van der Waals surface area contributed by atoms with Gasteiger partial charge >= 0.3 is 12.1 Å². The average Bonchev–Trinajstić information content (AvgIpc) is 2.93. The van der Waals surface area contributed by atoms with E-state index in [0.717, 1.165) is 41.5 Å². The first-order valence-electron chi connectivity index (χ1n) is 11.2. The fourth-order valence-corrected chi connectivity index (χ4v) is 4.88. The molecule has 0 bridgehead atoms. The monoisotopic (exact) mass is 436 g/mol. The SMILES string of the molecule is O=C(O)CNC(=O)[C@H]1CCCCC[C@H]1NC(=O)OCC1c2ccccc2-c2ccccc21. The molecule has 0 radical (unpaired) electrons. The van der Waals surface area contributed by atoms with Crippen LogP contribution in [0, 0.1) is 5.92 Å². The van der Waals surface area contributed by atoms with Gasteiger partial charge in [0, 0.05) is 12.0 Å². The molecule has 4 rings (SSSR count). The van der Waals surface area contributed by atoms with Gasteiger partial charge in [0.15, 0.2) is 0 Å². The van der Waals surface area contributed by atoms with Crippen molar-refractivity contribution in [3.63, 3.8) is 0 Å². The third kappa shape index (κ3) is 4.77. The van der Waals surface area contributed by atoms with Gasteiger partial charge in [0.1, 0.15) is 13.2 Å². The molecular formula is C25H28N2O5. The van der Waals surface area contributed by atoms with Crippen LogP contribution in [0.15, 0.2) is 48.5 Å². The number of hydrogen-bond acceptors (Lipinski definition) is 4. The fourth-order valence-electron chi connectivity index (χ4n) is 4.88. The molecule has 0 aromatic heterocycles. The molecule has 2 aromatic carbocycles. The quantitative estimate of drug-likeness (QED) is 0.599. The van der Waals surface area contributed by atoms with Crippen LogP contribution in [0.5, 0.6) is 0 Å². The second kappa shape index (κ2) is 9.85. The molecule has 2 aliphatic carbocycles. The van der Waals surface area contributed by atoms with Crippen molar-refractivity contribution in [1.82, 2.24) is 10.6 Å². The highest BCUT2D eigenvalue weighted by molar-refractivity contribution is 5.84. The highest BCUT2D eigenvalue weighted by Crippen LogP contribution is 2.44. The van der Waals surface area contributed by atoms with Gasteiger partial charge in [-0.05, 0) is 35.1 Å². The van der Waals surface area contributed by atoms with Crippen molar-refractivity contribution in [2.45, 2.75) is 44.1 Å². The summed E-state index contributed by atoms with van der Waals surface area (Å²) < 4.78 is 5.63. The third-order valence-corrected chi connectivity index (χ3v) is 6.41. The zero-order valence-corrected chi connectivity index (χ0v) is 17.9. The number of rotatable bonds is 6. The van der Waals surface area contributed by atoms with Crippen LogP contribution in [0.4, 0.5) is 4.79 Å². The molecule has 3 N–H and O–H groups in total. The highest BCUT2D eigenvalue weighted by Gasteiger charge is 2.33. The van der Waals surface area contributed by atoms with E-state index in [9.17, 15) is 14.4 Å². The molecule has 0 heterocycles. The maximum absolute atomic E-state index is 12.7. The summed E-state index contributed by atoms with van der Waals surface area (Å²) >= 11 is 0. The van der Waals surface area contributed by atoms with Gasteiger partial charge in [0.05, 0.1) is 5.92 Å². The van der Waals surface area contributed by atoms with Crippen molar-refractivity contribution >= 4 is 18.0 Å². The Bertz CT molecular complexity index is 960. The van der Waals surface area contributed by atoms with Gasteiger partial charge in [-0.1, -0.05) is 67.8 Å². The van der Waals surface area contributed by atoms with Crippen LogP contribution in [0.25, 0.3) is 11.1 Å². The predicted molar refractivity (Wildman–Crippen MR) is 119 cm³/mol. The van der Waals surface area contributed by atoms with Gasteiger partial charge in [-0.25, -0.2) is 4.79 Å². The van der Waals surface area contributed by atoms with E-state index in [0.29, 0.717) is 12.8 Å². The number of amides is 2. The van der Waals surface area contributed by atoms with Crippen LogP contribution in [0.1, 0.15) is 49.1 Å². The van der Waals surface area contributed by atoms with Crippen molar-refractivity contribution in [1.29, 1.82) is 0 Å². The summed E-state index contributed by atoms with van der Waals surface area (Å²) in [6.07, 6.45) is 3.47. The molecule has 7 heteroatoms. The Morgan fingerprint density at radius 3 is 2.19 bits per heavy atom. The molecule has 1 saturated carbocycles. The standard InChI is InChI=1S/C25H28N2O5/c28-23(29)14-26-24(30)20-12-2-1-3-13-22(20)27-25(31)32-15-21-18-10-6-4-8-16(18)17-9-5-7-11-19(17)21/h4-11,20-22H,1-3,12-15H2,(H,26,30)(H,27,31)(H,28,29)/t20-,22+/m0/s1. The Morgan fingerprint density at radius 1 is 0.906 bits per heavy atom. The number of aliphatic carboxylic acids is 1. The lowest BCUT2D eigenvalue weighted by Crippen LogP contribution is -2.47. The van der Waals surface area contributed by atoms with Crippen LogP contribution in [0.3, 0.4) is 0 Å². The number of benzene rings is 2. The summed E-state index contributed by atoms with van der Waals surface area (Å²) in [6.45, 7) is -0.213. The minimum Gasteiger partial charge on any atom is -0.480 e. The smallest absolute Gasteiger partial charge is 0.407 e. The molecule has 32 heavy (non-hydrogen) atoms. The lowest BCUT2D eigenvalue weighted by atomic mass is 9.94. The summed E-state index contributed by atoms with van der Waals surface area (Å²) in [6, 6.07) is 15.9. The van der Waals surface area contributed by atoms with Crippen molar-refractivity contribution in [2.75, 3.05) is 13.2 Å². The number of nitrogens with one attached hydrogen (secondary N) is 2.